The number of hydrogen-bond donors (Lipinski definition) is 2. The van der Waals surface area contributed by atoms with Gasteiger partial charge in [-0.15, -0.1) is 22.7 Å². The number of rotatable bonds is 9. The molecular formula is C30H26FN5O2S2. The number of para-hydroxylation sites is 1. The Morgan fingerprint density at radius 2 is 1.88 bits per heavy atom. The molecule has 0 radical (unpaired) electrons. The van der Waals surface area contributed by atoms with Gasteiger partial charge in [-0.05, 0) is 43.4 Å². The summed E-state index contributed by atoms with van der Waals surface area (Å²) in [4.78, 5) is 24.5. The van der Waals surface area contributed by atoms with Crippen molar-refractivity contribution in [3.63, 3.8) is 0 Å². The fourth-order valence-electron chi connectivity index (χ4n) is 3.80. The summed E-state index contributed by atoms with van der Waals surface area (Å²) in [6.07, 6.45) is 1.62. The number of fused-ring (bicyclic) bond motifs is 1. The number of amides is 1. The molecule has 0 saturated heterocycles. The second kappa shape index (κ2) is 12.7. The van der Waals surface area contributed by atoms with E-state index in [-0.39, 0.29) is 11.4 Å². The first-order chi connectivity index (χ1) is 19.5. The third-order valence-electron chi connectivity index (χ3n) is 5.96. The summed E-state index contributed by atoms with van der Waals surface area (Å²) in [5.74, 6) is 5.88. The number of aromatic nitrogens is 2. The van der Waals surface area contributed by atoms with E-state index >= 15 is 4.39 Å². The van der Waals surface area contributed by atoms with Crippen LogP contribution in [0.4, 0.5) is 20.9 Å². The van der Waals surface area contributed by atoms with Gasteiger partial charge >= 0.3 is 0 Å². The van der Waals surface area contributed by atoms with Crippen molar-refractivity contribution in [3.8, 4) is 23.3 Å². The quantitative estimate of drug-likeness (QED) is 0.180. The van der Waals surface area contributed by atoms with Crippen LogP contribution < -0.4 is 15.4 Å². The zero-order valence-corrected chi connectivity index (χ0v) is 23.5. The largest absolute Gasteiger partial charge is 0.453 e. The van der Waals surface area contributed by atoms with Gasteiger partial charge in [0, 0.05) is 35.1 Å². The number of pyridine rings is 1. The molecule has 0 atom stereocenters. The summed E-state index contributed by atoms with van der Waals surface area (Å²) in [5, 5.41) is 8.08. The molecule has 2 N–H and O–H groups in total. The Bertz CT molecular complexity index is 1690. The van der Waals surface area contributed by atoms with Crippen molar-refractivity contribution >= 4 is 55.3 Å². The molecule has 0 spiro atoms. The number of carbonyl (C=O) groups excluding carboxylic acids is 1. The number of anilines is 3. The van der Waals surface area contributed by atoms with Crippen molar-refractivity contribution in [1.29, 1.82) is 0 Å². The molecule has 2 aromatic carbocycles. The van der Waals surface area contributed by atoms with Gasteiger partial charge < -0.3 is 15.4 Å². The van der Waals surface area contributed by atoms with Gasteiger partial charge in [-0.2, -0.15) is 0 Å². The van der Waals surface area contributed by atoms with Gasteiger partial charge in [-0.3, -0.25) is 14.7 Å². The molecule has 7 nitrogen and oxygen atoms in total. The lowest BCUT2D eigenvalue weighted by Gasteiger charge is -2.12. The number of thiophene rings is 1. The van der Waals surface area contributed by atoms with Gasteiger partial charge in [0.15, 0.2) is 16.7 Å². The normalized spacial score (nSPS) is 10.8. The van der Waals surface area contributed by atoms with Crippen LogP contribution in [-0.4, -0.2) is 40.4 Å². The minimum absolute atomic E-state index is 0.0380. The zero-order valence-electron chi connectivity index (χ0n) is 21.9. The highest BCUT2D eigenvalue weighted by Crippen LogP contribution is 2.36. The second-order valence-corrected chi connectivity index (χ2v) is 10.5. The molecule has 0 aliphatic heterocycles. The molecule has 3 aromatic heterocycles. The Kier molecular flexibility index (Phi) is 8.66. The molecule has 0 unspecified atom stereocenters. The van der Waals surface area contributed by atoms with E-state index in [1.807, 2.05) is 36.4 Å². The van der Waals surface area contributed by atoms with E-state index in [1.165, 1.54) is 34.8 Å². The van der Waals surface area contributed by atoms with Crippen LogP contribution in [0.25, 0.3) is 10.2 Å². The molecule has 5 rings (SSSR count). The van der Waals surface area contributed by atoms with E-state index < -0.39 is 11.7 Å². The summed E-state index contributed by atoms with van der Waals surface area (Å²) in [7, 11) is 0. The standard InChI is InChI=1S/C30H26FN5O2S2/c1-3-36(4-2)16-8-11-22-18-24-28(40-22)27(14-15-32-24)38-26-13-12-21(17-23(26)31)33-29(37)25-19-39-30(35-25)34-20-9-6-5-7-10-20/h5-7,9-10,12-15,17-19H,3-4,16H2,1-2H3,(H,33,37)(H,34,35). The van der Waals surface area contributed by atoms with Crippen molar-refractivity contribution in [2.75, 3.05) is 30.3 Å². The van der Waals surface area contributed by atoms with E-state index in [1.54, 1.807) is 23.7 Å². The Morgan fingerprint density at radius 3 is 2.65 bits per heavy atom. The lowest BCUT2D eigenvalue weighted by molar-refractivity contribution is 0.102. The number of nitrogens with zero attached hydrogens (tertiary/aromatic N) is 3. The molecule has 3 heterocycles. The average molecular weight is 572 g/mol. The van der Waals surface area contributed by atoms with Crippen molar-refractivity contribution in [2.45, 2.75) is 13.8 Å². The fraction of sp³-hybridized carbons (Fsp3) is 0.167. The molecule has 1 amide bonds. The summed E-state index contributed by atoms with van der Waals surface area (Å²) in [5.41, 5.74) is 2.14. The van der Waals surface area contributed by atoms with E-state index in [2.05, 4.69) is 51.2 Å². The maximum Gasteiger partial charge on any atom is 0.275 e. The Labute approximate surface area is 239 Å². The molecule has 0 aliphatic carbocycles. The highest BCUT2D eigenvalue weighted by Gasteiger charge is 2.15. The van der Waals surface area contributed by atoms with Crippen LogP contribution in [-0.2, 0) is 0 Å². The topological polar surface area (TPSA) is 79.4 Å². The number of thiazole rings is 1. The number of halogens is 1. The summed E-state index contributed by atoms with van der Waals surface area (Å²) in [6, 6.07) is 17.5. The lowest BCUT2D eigenvalue weighted by atomic mass is 10.2. The first kappa shape index (κ1) is 27.3. The van der Waals surface area contributed by atoms with Crippen LogP contribution in [0.15, 0.2) is 72.2 Å². The number of carbonyl (C=O) groups is 1. The van der Waals surface area contributed by atoms with Crippen LogP contribution >= 0.6 is 22.7 Å². The van der Waals surface area contributed by atoms with Crippen LogP contribution in [0.3, 0.4) is 0 Å². The Hall–Kier alpha value is -4.30. The molecule has 0 aliphatic rings. The Morgan fingerprint density at radius 1 is 1.05 bits per heavy atom. The number of ether oxygens (including phenoxy) is 1. The molecular weight excluding hydrogens is 545 g/mol. The van der Waals surface area contributed by atoms with Crippen molar-refractivity contribution in [2.24, 2.45) is 0 Å². The minimum Gasteiger partial charge on any atom is -0.453 e. The van der Waals surface area contributed by atoms with E-state index in [9.17, 15) is 4.79 Å². The fourth-order valence-corrected chi connectivity index (χ4v) is 5.45. The molecule has 10 heteroatoms. The SMILES string of the molecule is CCN(CC)CC#Cc1cc2nccc(Oc3ccc(NC(=O)c4csc(Nc5ccccc5)n4)cc3F)c2s1. The highest BCUT2D eigenvalue weighted by molar-refractivity contribution is 7.19. The Balaban J connectivity index is 1.25. The van der Waals surface area contributed by atoms with Crippen molar-refractivity contribution in [1.82, 2.24) is 14.9 Å². The monoisotopic (exact) mass is 571 g/mol. The van der Waals surface area contributed by atoms with Crippen LogP contribution in [0.5, 0.6) is 11.5 Å². The summed E-state index contributed by atoms with van der Waals surface area (Å²) >= 11 is 2.77. The third kappa shape index (κ3) is 6.63. The van der Waals surface area contributed by atoms with Crippen molar-refractivity contribution in [3.05, 3.63) is 88.6 Å². The maximum atomic E-state index is 15.0. The molecule has 5 aromatic rings. The van der Waals surface area contributed by atoms with Gasteiger partial charge in [0.1, 0.15) is 11.4 Å². The van der Waals surface area contributed by atoms with E-state index in [4.69, 9.17) is 4.74 Å². The summed E-state index contributed by atoms with van der Waals surface area (Å²) in [6.45, 7) is 6.81. The van der Waals surface area contributed by atoms with Gasteiger partial charge in [-0.1, -0.05) is 43.9 Å². The molecule has 202 valence electrons. The predicted molar refractivity (Wildman–Crippen MR) is 161 cm³/mol. The lowest BCUT2D eigenvalue weighted by Crippen LogP contribution is -2.22. The number of benzene rings is 2. The van der Waals surface area contributed by atoms with Gasteiger partial charge in [0.2, 0.25) is 0 Å². The summed E-state index contributed by atoms with van der Waals surface area (Å²) < 4.78 is 21.7. The number of nitrogens with one attached hydrogen (secondary N) is 2. The second-order valence-electron chi connectivity index (χ2n) is 8.63. The van der Waals surface area contributed by atoms with Crippen LogP contribution in [0.2, 0.25) is 0 Å². The van der Waals surface area contributed by atoms with E-state index in [0.29, 0.717) is 23.1 Å². The van der Waals surface area contributed by atoms with Gasteiger partial charge in [0.25, 0.3) is 5.91 Å². The van der Waals surface area contributed by atoms with Crippen LogP contribution in [0.1, 0.15) is 29.2 Å². The third-order valence-corrected chi connectivity index (χ3v) is 7.77. The molecule has 0 bridgehead atoms. The van der Waals surface area contributed by atoms with Gasteiger partial charge in [0.05, 0.1) is 21.6 Å². The smallest absolute Gasteiger partial charge is 0.275 e. The average Bonchev–Trinajstić information content (AvgIpc) is 3.61. The van der Waals surface area contributed by atoms with Crippen LogP contribution in [0, 0.1) is 17.7 Å². The first-order valence-electron chi connectivity index (χ1n) is 12.7. The molecule has 0 saturated carbocycles. The number of hydrogen-bond acceptors (Lipinski definition) is 8. The first-order valence-corrected chi connectivity index (χ1v) is 14.4. The molecule has 0 fully saturated rings. The maximum absolute atomic E-state index is 15.0. The molecule has 40 heavy (non-hydrogen) atoms. The zero-order chi connectivity index (χ0) is 27.9. The predicted octanol–water partition coefficient (Wildman–Crippen LogP) is 7.37. The van der Waals surface area contributed by atoms with E-state index in [0.717, 1.165) is 33.9 Å². The minimum atomic E-state index is -0.608. The van der Waals surface area contributed by atoms with Crippen molar-refractivity contribution < 1.29 is 13.9 Å². The highest BCUT2D eigenvalue weighted by atomic mass is 32.1. The van der Waals surface area contributed by atoms with Gasteiger partial charge in [-0.25, -0.2) is 9.37 Å².